The van der Waals surface area contributed by atoms with E-state index in [-0.39, 0.29) is 24.3 Å². The first-order valence-electron chi connectivity index (χ1n) is 8.79. The predicted octanol–water partition coefficient (Wildman–Crippen LogP) is 2.60. The van der Waals surface area contributed by atoms with Crippen LogP contribution >= 0.6 is 0 Å². The number of hydrogen-bond acceptors (Lipinski definition) is 4. The molecule has 7 nitrogen and oxygen atoms in total. The minimum Gasteiger partial charge on any atom is -0.375 e. The van der Waals surface area contributed by atoms with E-state index in [0.29, 0.717) is 29.9 Å². The molecule has 0 fully saturated rings. The van der Waals surface area contributed by atoms with Gasteiger partial charge in [0.2, 0.25) is 5.91 Å². The van der Waals surface area contributed by atoms with Crippen molar-refractivity contribution >= 4 is 34.8 Å². The molecule has 144 valence electrons. The molecule has 7 heteroatoms. The van der Waals surface area contributed by atoms with Gasteiger partial charge in [0.25, 0.3) is 11.8 Å². The maximum atomic E-state index is 12.7. The number of carbonyl (C=O) groups excluding carboxylic acids is 3. The molecule has 2 aromatic rings. The van der Waals surface area contributed by atoms with Crippen LogP contribution in [0.5, 0.6) is 0 Å². The number of nitrogens with zero attached hydrogens (tertiary/aromatic N) is 1. The van der Waals surface area contributed by atoms with Crippen molar-refractivity contribution in [2.45, 2.75) is 6.42 Å². The molecule has 28 heavy (non-hydrogen) atoms. The van der Waals surface area contributed by atoms with E-state index in [9.17, 15) is 14.4 Å². The molecule has 1 heterocycles. The third-order valence-corrected chi connectivity index (χ3v) is 4.42. The normalized spacial score (nSPS) is 12.2. The minimum atomic E-state index is -0.348. The number of nitrogens with one attached hydrogen (secondary N) is 2. The van der Waals surface area contributed by atoms with Crippen molar-refractivity contribution in [2.24, 2.45) is 0 Å². The first-order valence-corrected chi connectivity index (χ1v) is 8.79. The van der Waals surface area contributed by atoms with Gasteiger partial charge in [0.1, 0.15) is 6.61 Å². The van der Waals surface area contributed by atoms with E-state index in [4.69, 9.17) is 4.74 Å². The van der Waals surface area contributed by atoms with Crippen molar-refractivity contribution < 1.29 is 19.1 Å². The number of ether oxygens (including phenoxy) is 1. The average molecular weight is 379 g/mol. The van der Waals surface area contributed by atoms with Crippen LogP contribution in [0.25, 0.3) is 0 Å². The Bertz CT molecular complexity index is 939. The molecule has 0 aliphatic carbocycles. The Morgan fingerprint density at radius 1 is 1.18 bits per heavy atom. The van der Waals surface area contributed by atoms with Crippen LogP contribution in [0.2, 0.25) is 0 Å². The van der Waals surface area contributed by atoms with E-state index in [0.717, 1.165) is 17.3 Å². The lowest BCUT2D eigenvalue weighted by Crippen LogP contribution is -2.31. The molecule has 0 atom stereocenters. The fourth-order valence-electron chi connectivity index (χ4n) is 3.14. The smallest absolute Gasteiger partial charge is 0.255 e. The van der Waals surface area contributed by atoms with E-state index in [1.165, 1.54) is 7.11 Å². The second-order valence-corrected chi connectivity index (χ2v) is 6.26. The Balaban J connectivity index is 1.79. The van der Waals surface area contributed by atoms with Crippen molar-refractivity contribution in [3.05, 3.63) is 66.2 Å². The van der Waals surface area contributed by atoms with Crippen LogP contribution in [0.15, 0.2) is 55.1 Å². The molecule has 0 unspecified atom stereocenters. The van der Waals surface area contributed by atoms with Crippen LogP contribution in [0.4, 0.5) is 17.1 Å². The van der Waals surface area contributed by atoms with E-state index >= 15 is 0 Å². The average Bonchev–Trinajstić information content (AvgIpc) is 3.13. The maximum Gasteiger partial charge on any atom is 0.255 e. The summed E-state index contributed by atoms with van der Waals surface area (Å²) in [5.74, 6) is -0.764. The van der Waals surface area contributed by atoms with Crippen LogP contribution in [0, 0.1) is 0 Å². The summed E-state index contributed by atoms with van der Waals surface area (Å²) in [4.78, 5) is 38.0. The number of amides is 3. The fourth-order valence-corrected chi connectivity index (χ4v) is 3.14. The Kier molecular flexibility index (Phi) is 5.86. The van der Waals surface area contributed by atoms with Crippen LogP contribution < -0.4 is 15.5 Å². The number of hydrogen-bond donors (Lipinski definition) is 2. The third kappa shape index (κ3) is 4.10. The van der Waals surface area contributed by atoms with Gasteiger partial charge in [0.15, 0.2) is 0 Å². The van der Waals surface area contributed by atoms with Crippen LogP contribution in [-0.2, 0) is 20.7 Å². The first kappa shape index (κ1) is 19.3. The molecule has 0 saturated carbocycles. The highest BCUT2D eigenvalue weighted by atomic mass is 16.5. The summed E-state index contributed by atoms with van der Waals surface area (Å²) < 4.78 is 4.93. The lowest BCUT2D eigenvalue weighted by atomic mass is 10.1. The Hall–Kier alpha value is -3.45. The summed E-state index contributed by atoms with van der Waals surface area (Å²) in [5.41, 5.74) is 3.27. The standard InChI is InChI=1S/C21H21N3O4/c1-3-19(25)22-15-7-4-6-14(12-15)21(27)23-17-8-5-9-18-16(17)10-11-24(18)20(26)13-28-2/h3-9,12H,1,10-11,13H2,2H3,(H,22,25)(H,23,27). The van der Waals surface area contributed by atoms with Gasteiger partial charge in [-0.2, -0.15) is 0 Å². The molecule has 0 saturated heterocycles. The van der Waals surface area contributed by atoms with E-state index in [1.807, 2.05) is 12.1 Å². The van der Waals surface area contributed by atoms with Gasteiger partial charge in [-0.1, -0.05) is 18.7 Å². The van der Waals surface area contributed by atoms with Gasteiger partial charge in [0.05, 0.1) is 0 Å². The van der Waals surface area contributed by atoms with Crippen molar-refractivity contribution in [1.82, 2.24) is 0 Å². The molecule has 1 aliphatic heterocycles. The summed E-state index contributed by atoms with van der Waals surface area (Å²) in [6, 6.07) is 12.1. The van der Waals surface area contributed by atoms with E-state index in [2.05, 4.69) is 17.2 Å². The molecular weight excluding hydrogens is 358 g/mol. The summed E-state index contributed by atoms with van der Waals surface area (Å²) in [6.45, 7) is 3.97. The summed E-state index contributed by atoms with van der Waals surface area (Å²) in [7, 11) is 1.48. The highest BCUT2D eigenvalue weighted by molar-refractivity contribution is 6.07. The highest BCUT2D eigenvalue weighted by Crippen LogP contribution is 2.34. The second-order valence-electron chi connectivity index (χ2n) is 6.26. The minimum absolute atomic E-state index is 0.0131. The highest BCUT2D eigenvalue weighted by Gasteiger charge is 2.26. The van der Waals surface area contributed by atoms with Gasteiger partial charge in [-0.3, -0.25) is 14.4 Å². The Morgan fingerprint density at radius 2 is 1.96 bits per heavy atom. The van der Waals surface area contributed by atoms with E-state index < -0.39 is 0 Å². The zero-order chi connectivity index (χ0) is 20.1. The molecular formula is C21H21N3O4. The number of carbonyl (C=O) groups is 3. The summed E-state index contributed by atoms with van der Waals surface area (Å²) in [5, 5.41) is 5.53. The largest absolute Gasteiger partial charge is 0.375 e. The molecule has 3 rings (SSSR count). The quantitative estimate of drug-likeness (QED) is 0.755. The molecule has 2 N–H and O–H groups in total. The maximum absolute atomic E-state index is 12.7. The Labute approximate surface area is 163 Å². The molecule has 1 aliphatic rings. The Morgan fingerprint density at radius 3 is 2.71 bits per heavy atom. The van der Waals surface area contributed by atoms with Crippen LogP contribution in [-0.4, -0.2) is 38.0 Å². The van der Waals surface area contributed by atoms with Gasteiger partial charge in [-0.25, -0.2) is 0 Å². The predicted molar refractivity (Wildman–Crippen MR) is 108 cm³/mol. The molecule has 3 amide bonds. The van der Waals surface area contributed by atoms with Crippen molar-refractivity contribution in [3.8, 4) is 0 Å². The number of rotatable bonds is 6. The van der Waals surface area contributed by atoms with E-state index in [1.54, 1.807) is 35.2 Å². The van der Waals surface area contributed by atoms with Gasteiger partial charge in [-0.15, -0.1) is 0 Å². The van der Waals surface area contributed by atoms with Crippen LogP contribution in [0.3, 0.4) is 0 Å². The second kappa shape index (κ2) is 8.49. The number of anilines is 3. The molecule has 0 bridgehead atoms. The molecule has 0 spiro atoms. The van der Waals surface area contributed by atoms with Gasteiger partial charge in [-0.05, 0) is 42.8 Å². The molecule has 0 aromatic heterocycles. The van der Waals surface area contributed by atoms with Crippen LogP contribution in [0.1, 0.15) is 15.9 Å². The van der Waals surface area contributed by atoms with Crippen molar-refractivity contribution in [1.29, 1.82) is 0 Å². The fraction of sp³-hybridized carbons (Fsp3) is 0.190. The molecule has 2 aromatic carbocycles. The zero-order valence-corrected chi connectivity index (χ0v) is 15.5. The lowest BCUT2D eigenvalue weighted by molar-refractivity contribution is -0.122. The summed E-state index contributed by atoms with van der Waals surface area (Å²) in [6.07, 6.45) is 1.81. The van der Waals surface area contributed by atoms with Gasteiger partial charge < -0.3 is 20.3 Å². The lowest BCUT2D eigenvalue weighted by Gasteiger charge is -2.17. The first-order chi connectivity index (χ1) is 13.5. The van der Waals surface area contributed by atoms with Crippen molar-refractivity contribution in [2.75, 3.05) is 35.8 Å². The number of methoxy groups -OCH3 is 1. The van der Waals surface area contributed by atoms with Gasteiger partial charge in [0, 0.05) is 41.8 Å². The number of benzene rings is 2. The topological polar surface area (TPSA) is 87.7 Å². The monoisotopic (exact) mass is 379 g/mol. The van der Waals surface area contributed by atoms with Gasteiger partial charge >= 0.3 is 0 Å². The number of fused-ring (bicyclic) bond motifs is 1. The SMILES string of the molecule is C=CC(=O)Nc1cccc(C(=O)Nc2cccc3c2CCN3C(=O)COC)c1. The molecule has 0 radical (unpaired) electrons. The van der Waals surface area contributed by atoms with Crippen molar-refractivity contribution in [3.63, 3.8) is 0 Å². The zero-order valence-electron chi connectivity index (χ0n) is 15.5. The summed E-state index contributed by atoms with van der Waals surface area (Å²) >= 11 is 0. The third-order valence-electron chi connectivity index (χ3n) is 4.42.